The molecule has 2 rings (SSSR count). The molecule has 1 heteroatoms. The molecule has 116 valence electrons. The van der Waals surface area contributed by atoms with Gasteiger partial charge in [0, 0.05) is 13.7 Å². The Labute approximate surface area is 126 Å². The summed E-state index contributed by atoms with van der Waals surface area (Å²) in [5, 5.41) is 0. The largest absolute Gasteiger partial charge is 0.385 e. The van der Waals surface area contributed by atoms with Gasteiger partial charge in [0.05, 0.1) is 0 Å². The molecule has 0 bridgehead atoms. The quantitative estimate of drug-likeness (QED) is 0.561. The van der Waals surface area contributed by atoms with E-state index in [-0.39, 0.29) is 0 Å². The molecule has 0 spiro atoms. The molecule has 0 aromatic heterocycles. The van der Waals surface area contributed by atoms with Crippen LogP contribution in [0.5, 0.6) is 0 Å². The van der Waals surface area contributed by atoms with Crippen LogP contribution in [0.25, 0.3) is 0 Å². The fourth-order valence-corrected chi connectivity index (χ4v) is 3.83. The third kappa shape index (κ3) is 4.77. The smallest absolute Gasteiger partial charge is 0.0462 e. The Balaban J connectivity index is 0.000000956. The Hall–Kier alpha value is -0.560. The Kier molecular flexibility index (Phi) is 8.93. The molecule has 0 aromatic rings. The molecule has 0 saturated carbocycles. The predicted molar refractivity (Wildman–Crippen MR) is 88.9 cm³/mol. The molecular formula is C19H34O. The second kappa shape index (κ2) is 10.2. The van der Waals surface area contributed by atoms with Gasteiger partial charge in [0.1, 0.15) is 0 Å². The summed E-state index contributed by atoms with van der Waals surface area (Å²) in [6.07, 6.45) is 16.6. The van der Waals surface area contributed by atoms with Crippen molar-refractivity contribution < 1.29 is 4.74 Å². The van der Waals surface area contributed by atoms with E-state index in [1.54, 1.807) is 5.57 Å². The van der Waals surface area contributed by atoms with Crippen molar-refractivity contribution in [2.45, 2.75) is 65.7 Å². The summed E-state index contributed by atoms with van der Waals surface area (Å²) in [7, 11) is 1.81. The van der Waals surface area contributed by atoms with Crippen LogP contribution in [0, 0.1) is 17.8 Å². The standard InChI is InChI=1S/C17H28O.C2H6/c1-3-14(10-7-13-18-2)16-12-6-9-15-8-4-5-11-17(15)16;1-2/h6,8-9,14,16-17H,3-5,7,10-13H2,1-2H3;1-2H3. The molecule has 2 aliphatic rings. The van der Waals surface area contributed by atoms with E-state index in [0.29, 0.717) is 0 Å². The summed E-state index contributed by atoms with van der Waals surface area (Å²) < 4.78 is 5.21. The van der Waals surface area contributed by atoms with Gasteiger partial charge in [-0.05, 0) is 61.9 Å². The lowest BCUT2D eigenvalue weighted by Crippen LogP contribution is -2.28. The van der Waals surface area contributed by atoms with E-state index >= 15 is 0 Å². The highest BCUT2D eigenvalue weighted by Gasteiger charge is 2.32. The van der Waals surface area contributed by atoms with Crippen LogP contribution in [-0.4, -0.2) is 13.7 Å². The zero-order valence-corrected chi connectivity index (χ0v) is 14.0. The highest BCUT2D eigenvalue weighted by Crippen LogP contribution is 2.42. The molecule has 20 heavy (non-hydrogen) atoms. The molecule has 0 aromatic carbocycles. The molecule has 2 aliphatic carbocycles. The van der Waals surface area contributed by atoms with Crippen molar-refractivity contribution >= 4 is 0 Å². The van der Waals surface area contributed by atoms with Gasteiger partial charge in [-0.2, -0.15) is 0 Å². The van der Waals surface area contributed by atoms with E-state index in [0.717, 1.165) is 24.4 Å². The predicted octanol–water partition coefficient (Wildman–Crippen LogP) is 5.77. The molecule has 0 aliphatic heterocycles. The SMILES string of the molecule is CC.CCC(CCCOC)C1CC=CC2=CCCCC21. The summed E-state index contributed by atoms with van der Waals surface area (Å²) in [6, 6.07) is 0. The van der Waals surface area contributed by atoms with Gasteiger partial charge in [-0.1, -0.05) is 45.4 Å². The van der Waals surface area contributed by atoms with E-state index in [1.165, 1.54) is 44.9 Å². The van der Waals surface area contributed by atoms with Crippen molar-refractivity contribution in [3.63, 3.8) is 0 Å². The van der Waals surface area contributed by atoms with Crippen molar-refractivity contribution in [2.24, 2.45) is 17.8 Å². The summed E-state index contributed by atoms with van der Waals surface area (Å²) in [4.78, 5) is 0. The minimum atomic E-state index is 0.858. The molecule has 0 N–H and O–H groups in total. The van der Waals surface area contributed by atoms with Gasteiger partial charge >= 0.3 is 0 Å². The number of hydrogen-bond acceptors (Lipinski definition) is 1. The van der Waals surface area contributed by atoms with Gasteiger partial charge in [0.15, 0.2) is 0 Å². The summed E-state index contributed by atoms with van der Waals surface area (Å²) in [6.45, 7) is 7.29. The number of fused-ring (bicyclic) bond motifs is 1. The average molecular weight is 278 g/mol. The van der Waals surface area contributed by atoms with E-state index in [4.69, 9.17) is 4.74 Å². The summed E-state index contributed by atoms with van der Waals surface area (Å²) >= 11 is 0. The zero-order chi connectivity index (χ0) is 14.8. The third-order valence-corrected chi connectivity index (χ3v) is 4.82. The van der Waals surface area contributed by atoms with Crippen molar-refractivity contribution in [3.8, 4) is 0 Å². The monoisotopic (exact) mass is 278 g/mol. The molecule has 3 atom stereocenters. The van der Waals surface area contributed by atoms with E-state index < -0.39 is 0 Å². The minimum Gasteiger partial charge on any atom is -0.385 e. The lowest BCUT2D eigenvalue weighted by Gasteiger charge is -2.38. The number of ether oxygens (including phenoxy) is 1. The van der Waals surface area contributed by atoms with Crippen LogP contribution in [0.1, 0.15) is 65.7 Å². The highest BCUT2D eigenvalue weighted by molar-refractivity contribution is 5.27. The zero-order valence-electron chi connectivity index (χ0n) is 14.0. The Morgan fingerprint density at radius 2 is 2.15 bits per heavy atom. The molecule has 1 nitrogen and oxygen atoms in total. The molecule has 3 unspecified atom stereocenters. The lowest BCUT2D eigenvalue weighted by atomic mass is 9.67. The summed E-state index contributed by atoms with van der Waals surface area (Å²) in [5.41, 5.74) is 1.64. The molecule has 0 saturated heterocycles. The van der Waals surface area contributed by atoms with Crippen LogP contribution in [0.3, 0.4) is 0 Å². The van der Waals surface area contributed by atoms with Crippen LogP contribution < -0.4 is 0 Å². The van der Waals surface area contributed by atoms with Crippen LogP contribution in [0.4, 0.5) is 0 Å². The van der Waals surface area contributed by atoms with E-state index in [2.05, 4.69) is 25.2 Å². The third-order valence-electron chi connectivity index (χ3n) is 4.82. The fourth-order valence-electron chi connectivity index (χ4n) is 3.83. The van der Waals surface area contributed by atoms with Crippen molar-refractivity contribution in [1.82, 2.24) is 0 Å². The highest BCUT2D eigenvalue weighted by atomic mass is 16.5. The first-order chi connectivity index (χ1) is 9.86. The molecule has 0 radical (unpaired) electrons. The Bertz CT molecular complexity index is 303. The minimum absolute atomic E-state index is 0.858. The number of allylic oxidation sites excluding steroid dienone is 4. The normalized spacial score (nSPS) is 26.1. The maximum Gasteiger partial charge on any atom is 0.0462 e. The van der Waals surface area contributed by atoms with Crippen LogP contribution in [0.2, 0.25) is 0 Å². The van der Waals surface area contributed by atoms with Crippen molar-refractivity contribution in [2.75, 3.05) is 13.7 Å². The van der Waals surface area contributed by atoms with Crippen molar-refractivity contribution in [1.29, 1.82) is 0 Å². The van der Waals surface area contributed by atoms with Crippen LogP contribution >= 0.6 is 0 Å². The first kappa shape index (κ1) is 17.5. The molecule has 0 amide bonds. The van der Waals surface area contributed by atoms with Gasteiger partial charge in [0.25, 0.3) is 0 Å². The number of methoxy groups -OCH3 is 1. The number of hydrogen-bond donors (Lipinski definition) is 0. The van der Waals surface area contributed by atoms with E-state index in [9.17, 15) is 0 Å². The molecular weight excluding hydrogens is 244 g/mol. The van der Waals surface area contributed by atoms with Crippen LogP contribution in [-0.2, 0) is 4.74 Å². The average Bonchev–Trinajstić information content (AvgIpc) is 2.53. The molecule has 0 fully saturated rings. The lowest BCUT2D eigenvalue weighted by molar-refractivity contribution is 0.163. The fraction of sp³-hybridized carbons (Fsp3) is 0.789. The first-order valence-corrected chi connectivity index (χ1v) is 8.72. The summed E-state index contributed by atoms with van der Waals surface area (Å²) in [5.74, 6) is 2.64. The van der Waals surface area contributed by atoms with Gasteiger partial charge in [0.2, 0.25) is 0 Å². The van der Waals surface area contributed by atoms with Gasteiger partial charge in [-0.3, -0.25) is 0 Å². The second-order valence-corrected chi connectivity index (χ2v) is 5.85. The number of rotatable bonds is 6. The molecule has 0 heterocycles. The van der Waals surface area contributed by atoms with Gasteiger partial charge in [-0.25, -0.2) is 0 Å². The van der Waals surface area contributed by atoms with Crippen molar-refractivity contribution in [3.05, 3.63) is 23.8 Å². The maximum atomic E-state index is 5.21. The maximum absolute atomic E-state index is 5.21. The Morgan fingerprint density at radius 3 is 2.85 bits per heavy atom. The topological polar surface area (TPSA) is 9.23 Å². The second-order valence-electron chi connectivity index (χ2n) is 5.85. The Morgan fingerprint density at radius 1 is 1.35 bits per heavy atom. The van der Waals surface area contributed by atoms with Gasteiger partial charge < -0.3 is 4.74 Å². The van der Waals surface area contributed by atoms with Gasteiger partial charge in [-0.15, -0.1) is 0 Å². The van der Waals surface area contributed by atoms with E-state index in [1.807, 2.05) is 21.0 Å². The first-order valence-electron chi connectivity index (χ1n) is 8.72. The van der Waals surface area contributed by atoms with Crippen LogP contribution in [0.15, 0.2) is 23.8 Å².